The quantitative estimate of drug-likeness (QED) is 0.183. The first-order valence-electron chi connectivity index (χ1n) is 22.9. The highest BCUT2D eigenvalue weighted by Crippen LogP contribution is 2.42. The van der Waals surface area contributed by atoms with Crippen molar-refractivity contribution in [1.29, 1.82) is 0 Å². The second-order valence-electron chi connectivity index (χ2n) is 11.2. The number of furan rings is 1. The Morgan fingerprint density at radius 3 is 2.06 bits per heavy atom. The molecule has 0 saturated heterocycles. The van der Waals surface area contributed by atoms with Crippen molar-refractivity contribution >= 4 is 53.4 Å². The van der Waals surface area contributed by atoms with E-state index in [0.29, 0.717) is 22.3 Å². The lowest BCUT2D eigenvalue weighted by Crippen LogP contribution is -2.00. The monoisotopic (exact) mass is 672 g/mol. The summed E-state index contributed by atoms with van der Waals surface area (Å²) in [5, 5.41) is 1.44. The molecule has 0 radical (unpaired) electrons. The summed E-state index contributed by atoms with van der Waals surface area (Å²) in [6.07, 6.45) is 0. The van der Waals surface area contributed by atoms with E-state index in [4.69, 9.17) is 34.4 Å². The van der Waals surface area contributed by atoms with Gasteiger partial charge >= 0.3 is 0 Å². The van der Waals surface area contributed by atoms with Gasteiger partial charge < -0.3 is 4.42 Å². The summed E-state index contributed by atoms with van der Waals surface area (Å²) in [7, 11) is 0. The normalized spacial score (nSPS) is 15.8. The van der Waals surface area contributed by atoms with Crippen molar-refractivity contribution in [3.8, 4) is 56.4 Å². The summed E-state index contributed by atoms with van der Waals surface area (Å²) in [6, 6.07) is 12.0. The van der Waals surface area contributed by atoms with Crippen LogP contribution in [0.5, 0.6) is 0 Å². The molecule has 4 nitrogen and oxygen atoms in total. The molecule has 0 fully saturated rings. The number of para-hydroxylation sites is 1. The van der Waals surface area contributed by atoms with Crippen LogP contribution in [-0.2, 0) is 0 Å². The van der Waals surface area contributed by atoms with Crippen LogP contribution in [-0.4, -0.2) is 15.0 Å². The molecule has 50 heavy (non-hydrogen) atoms. The van der Waals surface area contributed by atoms with Gasteiger partial charge in [0.1, 0.15) is 11.2 Å². The van der Waals surface area contributed by atoms with Crippen molar-refractivity contribution in [3.63, 3.8) is 0 Å². The predicted octanol–water partition coefficient (Wildman–Crippen LogP) is 12.5. The molecular weight excluding hydrogens is 631 g/mol. The van der Waals surface area contributed by atoms with Gasteiger partial charge in [0, 0.05) is 47.6 Å². The number of hydrogen-bond acceptors (Lipinski definition) is 5. The fraction of sp³-hybridized carbons (Fsp3) is 0. The number of rotatable bonds is 5. The Hall–Kier alpha value is -6.43. The third-order valence-electron chi connectivity index (χ3n) is 8.21. The Balaban J connectivity index is 1.26. The molecule has 3 heterocycles. The molecule has 7 aromatic carbocycles. The summed E-state index contributed by atoms with van der Waals surface area (Å²) in [4.78, 5) is 14.3. The predicted molar refractivity (Wildman–Crippen MR) is 207 cm³/mol. The number of nitrogens with zero attached hydrogens (tertiary/aromatic N) is 3. The number of thiophene rings is 1. The van der Waals surface area contributed by atoms with Gasteiger partial charge in [-0.05, 0) is 58.6 Å². The Bertz CT molecular complexity index is 3710. The number of hydrogen-bond donors (Lipinski definition) is 0. The molecule has 0 N–H and O–H groups in total. The minimum atomic E-state index is -0.800. The smallest absolute Gasteiger partial charge is 0.164 e. The first kappa shape index (κ1) is 17.3. The zero-order valence-electron chi connectivity index (χ0n) is 40.6. The molecule has 0 aliphatic carbocycles. The molecule has 10 rings (SSSR count). The van der Waals surface area contributed by atoms with Gasteiger partial charge in [0.05, 0.1) is 20.6 Å². The first-order valence-corrected chi connectivity index (χ1v) is 16.2. The van der Waals surface area contributed by atoms with Gasteiger partial charge in [0.25, 0.3) is 0 Å². The number of fused-ring (bicyclic) bond motifs is 6. The van der Waals surface area contributed by atoms with Gasteiger partial charge in [-0.1, -0.05) is 127 Å². The van der Waals surface area contributed by atoms with Crippen LogP contribution in [0.2, 0.25) is 0 Å². The van der Waals surface area contributed by atoms with Crippen molar-refractivity contribution in [2.24, 2.45) is 0 Å². The van der Waals surface area contributed by atoms with Crippen molar-refractivity contribution in [3.05, 3.63) is 163 Å². The summed E-state index contributed by atoms with van der Waals surface area (Å²) in [5.41, 5.74) is 0.357. The average Bonchev–Trinajstić information content (AvgIpc) is 3.90. The highest BCUT2D eigenvalue weighted by Gasteiger charge is 2.17. The van der Waals surface area contributed by atoms with Crippen LogP contribution >= 0.6 is 11.3 Å². The van der Waals surface area contributed by atoms with E-state index in [2.05, 4.69) is 0 Å². The van der Waals surface area contributed by atoms with Gasteiger partial charge in [0.2, 0.25) is 0 Å². The number of aromatic nitrogens is 3. The van der Waals surface area contributed by atoms with Crippen molar-refractivity contribution < 1.29 is 25.0 Å². The zero-order valence-corrected chi connectivity index (χ0v) is 26.4. The molecule has 0 amide bonds. The molecule has 3 aromatic heterocycles. The van der Waals surface area contributed by atoms with Crippen LogP contribution < -0.4 is 0 Å². The van der Waals surface area contributed by atoms with Crippen LogP contribution in [0.15, 0.2) is 168 Å². The van der Waals surface area contributed by atoms with Crippen molar-refractivity contribution in [2.75, 3.05) is 0 Å². The SMILES string of the molecule is [2H]c1c([2H])c([2H])c(-c2c([2H])c([2H])c([2H])c(-c3c([2H])c([2H])c([2H])c4c3sc3c([2H])c(-c5nc(-c6ccccc6)nc(-c6ccc7oc8ccccc8c7c6)n5)c([2H])c([2H])c34)c2[2H])c([2H])c1[2H]. The Morgan fingerprint density at radius 2 is 1.18 bits per heavy atom. The molecule has 0 spiro atoms. The van der Waals surface area contributed by atoms with Gasteiger partial charge in [-0.3, -0.25) is 0 Å². The summed E-state index contributed by atoms with van der Waals surface area (Å²) < 4.78 is 139. The van der Waals surface area contributed by atoms with Crippen molar-refractivity contribution in [1.82, 2.24) is 15.0 Å². The topological polar surface area (TPSA) is 51.8 Å². The largest absolute Gasteiger partial charge is 0.456 e. The maximum atomic E-state index is 9.64. The molecule has 0 aliphatic heterocycles. The summed E-state index contributed by atoms with van der Waals surface area (Å²) >= 11 is 0.796. The van der Waals surface area contributed by atoms with Crippen molar-refractivity contribution in [2.45, 2.75) is 0 Å². The van der Waals surface area contributed by atoms with E-state index in [9.17, 15) is 5.48 Å². The van der Waals surface area contributed by atoms with E-state index >= 15 is 0 Å². The maximum Gasteiger partial charge on any atom is 0.164 e. The average molecular weight is 673 g/mol. The Labute approximate surface area is 313 Å². The fourth-order valence-electron chi connectivity index (χ4n) is 5.87. The molecule has 0 bridgehead atoms. The standard InChI is InChI=1S/C45H27N3OS/c1-3-11-28(12-4-1)30-15-9-16-31(25-30)34-18-10-19-37-36-23-21-33(27-41(36)50-42(34)37)45-47-43(29-13-5-2-6-14-29)46-44(48-45)32-22-24-40-38(26-32)35-17-7-8-20-39(35)49-40/h1-27H/i1D,3D,4D,9D,10D,11D,12D,15D,16D,18D,19D,21D,23D,25D,27D. The molecule has 234 valence electrons. The molecule has 0 aliphatic rings. The lowest BCUT2D eigenvalue weighted by atomic mass is 9.98. The van der Waals surface area contributed by atoms with E-state index in [0.717, 1.165) is 22.1 Å². The number of benzene rings is 7. The van der Waals surface area contributed by atoms with Crippen LogP contribution in [0.4, 0.5) is 0 Å². The lowest BCUT2D eigenvalue weighted by molar-refractivity contribution is 0.669. The van der Waals surface area contributed by atoms with E-state index in [1.54, 1.807) is 36.4 Å². The highest BCUT2D eigenvalue weighted by molar-refractivity contribution is 7.26. The third-order valence-corrected chi connectivity index (χ3v) is 9.33. The Morgan fingerprint density at radius 1 is 0.460 bits per heavy atom. The summed E-state index contributed by atoms with van der Waals surface area (Å²) in [6.45, 7) is 0. The first-order chi connectivity index (χ1) is 31.0. The van der Waals surface area contributed by atoms with Gasteiger partial charge in [-0.2, -0.15) is 0 Å². The van der Waals surface area contributed by atoms with Crippen LogP contribution in [0.1, 0.15) is 20.6 Å². The molecule has 0 atom stereocenters. The lowest BCUT2D eigenvalue weighted by Gasteiger charge is -2.09. The van der Waals surface area contributed by atoms with Crippen LogP contribution in [0, 0.1) is 0 Å². The summed E-state index contributed by atoms with van der Waals surface area (Å²) in [5.74, 6) is 0.293. The van der Waals surface area contributed by atoms with E-state index in [1.165, 1.54) is 0 Å². The second-order valence-corrected chi connectivity index (χ2v) is 12.3. The van der Waals surface area contributed by atoms with Crippen LogP contribution in [0.25, 0.3) is 98.5 Å². The molecule has 10 aromatic rings. The molecule has 0 saturated carbocycles. The minimum absolute atomic E-state index is 0.0253. The van der Waals surface area contributed by atoms with E-state index in [1.807, 2.05) is 36.4 Å². The maximum absolute atomic E-state index is 9.64. The minimum Gasteiger partial charge on any atom is -0.456 e. The highest BCUT2D eigenvalue weighted by atomic mass is 32.1. The fourth-order valence-corrected chi connectivity index (χ4v) is 6.99. The van der Waals surface area contributed by atoms with Crippen LogP contribution in [0.3, 0.4) is 0 Å². The third kappa shape index (κ3) is 4.87. The molecular formula is C45H27N3OS. The zero-order chi connectivity index (χ0) is 46.1. The molecule has 0 unspecified atom stereocenters. The van der Waals surface area contributed by atoms with Gasteiger partial charge in [-0.15, -0.1) is 11.3 Å². The second kappa shape index (κ2) is 11.6. The van der Waals surface area contributed by atoms with E-state index < -0.39 is 101 Å². The van der Waals surface area contributed by atoms with E-state index in [-0.39, 0.29) is 54.8 Å². The van der Waals surface area contributed by atoms with Gasteiger partial charge in [0.15, 0.2) is 17.5 Å². The Kier molecular flexibility index (Phi) is 4.02. The van der Waals surface area contributed by atoms with Gasteiger partial charge in [-0.25, -0.2) is 15.0 Å². The molecule has 5 heteroatoms.